The van der Waals surface area contributed by atoms with Crippen molar-refractivity contribution in [1.29, 1.82) is 0 Å². The number of hydroxylamine groups is 2. The van der Waals surface area contributed by atoms with Gasteiger partial charge in [0.2, 0.25) is 5.91 Å². The molecular formula is C35H48N2O15. The van der Waals surface area contributed by atoms with Crippen LogP contribution in [-0.4, -0.2) is 148 Å². The van der Waals surface area contributed by atoms with Crippen LogP contribution in [0.4, 0.5) is 0 Å². The first-order valence-electron chi connectivity index (χ1n) is 17.4. The third-order valence-corrected chi connectivity index (χ3v) is 9.97. The summed E-state index contributed by atoms with van der Waals surface area (Å²) in [4.78, 5) is 46.8. The van der Waals surface area contributed by atoms with Crippen molar-refractivity contribution in [3.8, 4) is 0 Å². The first-order valence-corrected chi connectivity index (χ1v) is 17.4. The van der Waals surface area contributed by atoms with Crippen molar-refractivity contribution >= 4 is 23.9 Å². The number of nitrogens with one attached hydrogen (secondary N) is 1. The van der Waals surface area contributed by atoms with E-state index in [-0.39, 0.29) is 39.2 Å². The van der Waals surface area contributed by atoms with Crippen molar-refractivity contribution in [2.75, 3.05) is 26.6 Å². The van der Waals surface area contributed by atoms with E-state index in [1.54, 1.807) is 39.0 Å². The summed E-state index contributed by atoms with van der Waals surface area (Å²) in [6.07, 6.45) is -6.36. The highest BCUT2D eigenvalue weighted by Gasteiger charge is 2.74. The SMILES string of the molecule is CC(C)(C)OC(=O)CC[C@@H](CO)NC(=O)[C@@]12C[C@H]3OC(=O)[C@@H]1N(Cc1cccc(C=CCO[C@H]4O[C@H](CO)[C@H](O)[C@H](O)[C@H]4O)c1)O[C@@H]2[C@H]1OCO[C@H]13. The van der Waals surface area contributed by atoms with Gasteiger partial charge in [0.05, 0.1) is 32.4 Å². The number of rotatable bonds is 13. The quantitative estimate of drug-likeness (QED) is 0.129. The molecule has 0 aromatic heterocycles. The molecule has 1 aromatic rings. The van der Waals surface area contributed by atoms with E-state index in [4.69, 9.17) is 33.3 Å². The second kappa shape index (κ2) is 15.7. The van der Waals surface area contributed by atoms with E-state index in [2.05, 4.69) is 5.32 Å². The van der Waals surface area contributed by atoms with Gasteiger partial charge in [0.25, 0.3) is 0 Å². The molecule has 5 fully saturated rings. The van der Waals surface area contributed by atoms with Crippen LogP contribution >= 0.6 is 0 Å². The van der Waals surface area contributed by atoms with Gasteiger partial charge in [-0.2, -0.15) is 5.06 Å². The maximum absolute atomic E-state index is 14.3. The first kappa shape index (κ1) is 38.6. The maximum Gasteiger partial charge on any atom is 0.327 e. The number of fused-ring (bicyclic) bond motifs is 4. The van der Waals surface area contributed by atoms with E-state index in [0.29, 0.717) is 0 Å². The number of hydrogen-bond donors (Lipinski definition) is 6. The van der Waals surface area contributed by atoms with Crippen molar-refractivity contribution in [3.63, 3.8) is 0 Å². The Labute approximate surface area is 300 Å². The first-order chi connectivity index (χ1) is 24.7. The molecule has 17 heteroatoms. The van der Waals surface area contributed by atoms with Gasteiger partial charge in [0.15, 0.2) is 12.3 Å². The van der Waals surface area contributed by atoms with Crippen LogP contribution in [0.15, 0.2) is 30.3 Å². The lowest BCUT2D eigenvalue weighted by atomic mass is 9.62. The fourth-order valence-corrected chi connectivity index (χ4v) is 7.56. The van der Waals surface area contributed by atoms with Gasteiger partial charge in [-0.1, -0.05) is 36.4 Å². The molecule has 0 unspecified atom stereocenters. The predicted molar refractivity (Wildman–Crippen MR) is 175 cm³/mol. The maximum atomic E-state index is 14.3. The molecule has 6 rings (SSSR count). The minimum Gasteiger partial charge on any atom is -0.460 e. The third-order valence-electron chi connectivity index (χ3n) is 9.97. The van der Waals surface area contributed by atoms with Crippen molar-refractivity contribution < 1.29 is 73.2 Å². The summed E-state index contributed by atoms with van der Waals surface area (Å²) >= 11 is 0. The second-order valence-corrected chi connectivity index (χ2v) is 14.8. The van der Waals surface area contributed by atoms with E-state index in [1.807, 2.05) is 18.2 Å². The number of aliphatic hydroxyl groups is 5. The summed E-state index contributed by atoms with van der Waals surface area (Å²) in [7, 11) is 0. The topological polar surface area (TPSA) is 232 Å². The molecule has 5 aliphatic rings. The van der Waals surface area contributed by atoms with E-state index in [0.717, 1.165) is 11.1 Å². The Morgan fingerprint density at radius 1 is 1.12 bits per heavy atom. The van der Waals surface area contributed by atoms with Crippen LogP contribution in [0.2, 0.25) is 0 Å². The van der Waals surface area contributed by atoms with Crippen LogP contribution in [0.5, 0.6) is 0 Å². The van der Waals surface area contributed by atoms with Gasteiger partial charge in [0.1, 0.15) is 66.6 Å². The van der Waals surface area contributed by atoms with Crippen LogP contribution in [0.1, 0.15) is 51.2 Å². The van der Waals surface area contributed by atoms with Crippen molar-refractivity contribution in [1.82, 2.24) is 10.4 Å². The molecule has 52 heavy (non-hydrogen) atoms. The van der Waals surface area contributed by atoms with Gasteiger partial charge in [-0.15, -0.1) is 0 Å². The van der Waals surface area contributed by atoms with Crippen molar-refractivity contribution in [2.45, 2.75) is 119 Å². The summed E-state index contributed by atoms with van der Waals surface area (Å²) in [6, 6.07) is 5.34. The lowest BCUT2D eigenvalue weighted by molar-refractivity contribution is -0.298. The average molecular weight is 737 g/mol. The minimum absolute atomic E-state index is 0.0339. The van der Waals surface area contributed by atoms with Crippen LogP contribution in [0.3, 0.4) is 0 Å². The molecule has 0 radical (unpaired) electrons. The number of benzene rings is 1. The summed E-state index contributed by atoms with van der Waals surface area (Å²) in [5.41, 5.74) is -0.664. The summed E-state index contributed by atoms with van der Waals surface area (Å²) in [5.74, 6) is -1.65. The molecule has 1 amide bonds. The van der Waals surface area contributed by atoms with Crippen molar-refractivity contribution in [3.05, 3.63) is 41.5 Å². The lowest BCUT2D eigenvalue weighted by Gasteiger charge is -2.49. The zero-order chi connectivity index (χ0) is 37.4. The number of aliphatic hydroxyl groups excluding tert-OH is 5. The Morgan fingerprint density at radius 3 is 2.62 bits per heavy atom. The molecule has 1 saturated carbocycles. The highest BCUT2D eigenvalue weighted by Crippen LogP contribution is 2.55. The largest absolute Gasteiger partial charge is 0.460 e. The Balaban J connectivity index is 1.15. The monoisotopic (exact) mass is 736 g/mol. The minimum atomic E-state index is -1.55. The molecule has 4 aliphatic heterocycles. The van der Waals surface area contributed by atoms with Crippen LogP contribution in [0.25, 0.3) is 6.08 Å². The van der Waals surface area contributed by atoms with Crippen molar-refractivity contribution in [2.24, 2.45) is 5.41 Å². The molecule has 2 bridgehead atoms. The number of amides is 1. The molecule has 288 valence electrons. The van der Waals surface area contributed by atoms with Gasteiger partial charge in [-0.05, 0) is 38.3 Å². The zero-order valence-electron chi connectivity index (χ0n) is 29.2. The van der Waals surface area contributed by atoms with Crippen LogP contribution in [0, 0.1) is 5.41 Å². The molecule has 12 atom stereocenters. The van der Waals surface area contributed by atoms with Gasteiger partial charge in [-0.25, -0.2) is 0 Å². The van der Waals surface area contributed by atoms with Gasteiger partial charge < -0.3 is 59.3 Å². The van der Waals surface area contributed by atoms with E-state index >= 15 is 0 Å². The second-order valence-electron chi connectivity index (χ2n) is 14.8. The molecule has 4 heterocycles. The highest BCUT2D eigenvalue weighted by atomic mass is 16.8. The lowest BCUT2D eigenvalue weighted by Crippen LogP contribution is -2.70. The highest BCUT2D eigenvalue weighted by molar-refractivity contribution is 5.93. The summed E-state index contributed by atoms with van der Waals surface area (Å²) < 4.78 is 33.8. The number of carbonyl (C=O) groups excluding carboxylic acids is 3. The molecule has 6 N–H and O–H groups in total. The Hall–Kier alpha value is -3.07. The van der Waals surface area contributed by atoms with Gasteiger partial charge in [-0.3, -0.25) is 19.2 Å². The van der Waals surface area contributed by atoms with Gasteiger partial charge in [0, 0.05) is 12.8 Å². The average Bonchev–Trinajstić information content (AvgIpc) is 3.72. The number of hydrogen-bond acceptors (Lipinski definition) is 16. The normalized spacial score (nSPS) is 36.3. The van der Waals surface area contributed by atoms with Crippen LogP contribution < -0.4 is 5.32 Å². The molecule has 17 nitrogen and oxygen atoms in total. The van der Waals surface area contributed by atoms with E-state index < -0.39 is 109 Å². The smallest absolute Gasteiger partial charge is 0.327 e. The molecule has 4 saturated heterocycles. The molecule has 0 spiro atoms. The summed E-state index contributed by atoms with van der Waals surface area (Å²) in [5, 5.41) is 54.0. The fraction of sp³-hybridized carbons (Fsp3) is 0.686. The molecular weight excluding hydrogens is 688 g/mol. The zero-order valence-corrected chi connectivity index (χ0v) is 29.2. The number of esters is 2. The molecule has 1 aromatic carbocycles. The van der Waals surface area contributed by atoms with Crippen LogP contribution in [-0.2, 0) is 54.2 Å². The number of ether oxygens (including phenoxy) is 6. The Bertz CT molecular complexity index is 1480. The predicted octanol–water partition coefficient (Wildman–Crippen LogP) is -1.34. The Morgan fingerprint density at radius 2 is 1.88 bits per heavy atom. The van der Waals surface area contributed by atoms with E-state index in [1.165, 1.54) is 5.06 Å². The number of nitrogens with zero attached hydrogens (tertiary/aromatic N) is 1. The standard InChI is InChI=1S/C35H48N2O15/c1-34(2,3)51-23(40)10-9-20(15-38)36-33(45)35-13-21-27-28(48-17-47-27)30(35)52-37(29(35)31(44)49-21)14-19-7-4-6-18(12-19)8-5-11-46-32-26(43)25(42)24(41)22(16-39)50-32/h4-8,12,20-22,24-30,32,38-39,41-43H,9-11,13-17H2,1-3H3,(H,36,45)/t20-,21+,22+,24-,25-,26+,27-,28-,29-,30+,32-,35-/m0/s1. The third kappa shape index (κ3) is 7.76. The Kier molecular flexibility index (Phi) is 11.7. The summed E-state index contributed by atoms with van der Waals surface area (Å²) in [6.45, 7) is 4.22. The fourth-order valence-electron chi connectivity index (χ4n) is 7.56. The molecule has 1 aliphatic carbocycles. The number of carbonyl (C=O) groups is 3. The van der Waals surface area contributed by atoms with Gasteiger partial charge >= 0.3 is 11.9 Å². The van der Waals surface area contributed by atoms with E-state index in [9.17, 15) is 39.9 Å².